The SMILES string of the molecule is CC.CCCC1CC(C)(O)C1.Cc1c(CNC=O)cc(OCCN2CCC3(CC2)C(=O)Nc2ccc(C#N)cc23)cc1C(F)(F)F. The van der Waals surface area contributed by atoms with Crippen LogP contribution in [0.15, 0.2) is 30.3 Å². The normalized spacial score (nSPS) is 21.3. The van der Waals surface area contributed by atoms with E-state index >= 15 is 0 Å². The summed E-state index contributed by atoms with van der Waals surface area (Å²) in [5.41, 5.74) is 0.728. The Labute approximate surface area is 270 Å². The molecule has 1 spiro atoms. The first-order valence-electron chi connectivity index (χ1n) is 16.1. The van der Waals surface area contributed by atoms with Crippen LogP contribution in [-0.2, 0) is 27.7 Å². The van der Waals surface area contributed by atoms with Crippen LogP contribution in [-0.4, -0.2) is 54.2 Å². The van der Waals surface area contributed by atoms with Crippen LogP contribution >= 0.6 is 0 Å². The number of nitrogens with zero attached hydrogens (tertiary/aromatic N) is 2. The average molecular weight is 645 g/mol. The van der Waals surface area contributed by atoms with Crippen LogP contribution < -0.4 is 15.4 Å². The Balaban J connectivity index is 0.000000446. The molecule has 2 fully saturated rings. The molecule has 1 saturated heterocycles. The molecule has 1 aliphatic carbocycles. The quantitative estimate of drug-likeness (QED) is 0.270. The topological polar surface area (TPSA) is 115 Å². The molecule has 2 aromatic carbocycles. The van der Waals surface area contributed by atoms with Crippen molar-refractivity contribution in [3.63, 3.8) is 0 Å². The summed E-state index contributed by atoms with van der Waals surface area (Å²) < 4.78 is 46.1. The summed E-state index contributed by atoms with van der Waals surface area (Å²) in [7, 11) is 0. The summed E-state index contributed by atoms with van der Waals surface area (Å²) in [6.07, 6.45) is 1.67. The maximum atomic E-state index is 13.5. The molecule has 8 nitrogen and oxygen atoms in total. The average Bonchev–Trinajstić information content (AvgIpc) is 3.27. The molecule has 5 rings (SSSR count). The van der Waals surface area contributed by atoms with Crippen LogP contribution in [0.25, 0.3) is 0 Å². The molecule has 11 heteroatoms. The van der Waals surface area contributed by atoms with Crippen LogP contribution in [0.5, 0.6) is 5.75 Å². The molecule has 0 radical (unpaired) electrons. The zero-order valence-electron chi connectivity index (χ0n) is 27.5. The number of amides is 2. The molecule has 3 aliphatic rings. The van der Waals surface area contributed by atoms with Crippen molar-refractivity contribution in [3.05, 3.63) is 58.1 Å². The second-order valence-electron chi connectivity index (χ2n) is 12.4. The number of anilines is 1. The van der Waals surface area contributed by atoms with Crippen molar-refractivity contribution < 1.29 is 32.6 Å². The summed E-state index contributed by atoms with van der Waals surface area (Å²) in [4.78, 5) is 25.5. The first-order chi connectivity index (χ1) is 21.8. The smallest absolute Gasteiger partial charge is 0.416 e. The first-order valence-corrected chi connectivity index (χ1v) is 16.1. The maximum Gasteiger partial charge on any atom is 0.416 e. The lowest BCUT2D eigenvalue weighted by molar-refractivity contribution is -0.138. The molecular weight excluding hydrogens is 597 g/mol. The first kappa shape index (κ1) is 36.8. The van der Waals surface area contributed by atoms with Crippen LogP contribution in [0.1, 0.15) is 94.0 Å². The van der Waals surface area contributed by atoms with Gasteiger partial charge in [0.25, 0.3) is 0 Å². The Morgan fingerprint density at radius 1 is 1.20 bits per heavy atom. The number of halogens is 3. The molecule has 2 aliphatic heterocycles. The fourth-order valence-electron chi connectivity index (χ4n) is 6.68. The van der Waals surface area contributed by atoms with E-state index in [9.17, 15) is 33.1 Å². The highest BCUT2D eigenvalue weighted by molar-refractivity contribution is 6.06. The summed E-state index contributed by atoms with van der Waals surface area (Å²) in [6, 6.07) is 9.83. The molecular formula is C35H47F3N4O4. The maximum absolute atomic E-state index is 13.5. The predicted octanol–water partition coefficient (Wildman–Crippen LogP) is 6.47. The van der Waals surface area contributed by atoms with Crippen molar-refractivity contribution in [1.29, 1.82) is 5.26 Å². The number of carbonyl (C=O) groups is 2. The molecule has 252 valence electrons. The Kier molecular flexibility index (Phi) is 12.6. The van der Waals surface area contributed by atoms with E-state index in [0.29, 0.717) is 50.0 Å². The number of benzene rings is 2. The largest absolute Gasteiger partial charge is 0.492 e. The van der Waals surface area contributed by atoms with Gasteiger partial charge < -0.3 is 20.5 Å². The predicted molar refractivity (Wildman–Crippen MR) is 171 cm³/mol. The van der Waals surface area contributed by atoms with Gasteiger partial charge in [-0.3, -0.25) is 14.5 Å². The Morgan fingerprint density at radius 3 is 2.43 bits per heavy atom. The fourth-order valence-corrected chi connectivity index (χ4v) is 6.68. The second-order valence-corrected chi connectivity index (χ2v) is 12.4. The van der Waals surface area contributed by atoms with Crippen LogP contribution in [0.3, 0.4) is 0 Å². The standard InChI is InChI=1S/C25H25F3N4O3.C8H16O.C2H6/c1-16-18(14-30-15-33)11-19(12-20(16)25(26,27)28)35-9-8-32-6-4-24(5-7-32)21-10-17(13-29)2-3-22(21)31-23(24)34;1-3-4-7-5-8(2,9)6-7;1-2/h2-3,10-12,15H,4-9,14H2,1H3,(H,30,33)(H,31,34);7,9H,3-6H2,1-2H3;1-2H3. The van der Waals surface area contributed by atoms with Gasteiger partial charge in [0.15, 0.2) is 0 Å². The third kappa shape index (κ3) is 8.80. The number of piperidine rings is 1. The lowest BCUT2D eigenvalue weighted by Gasteiger charge is -2.40. The van der Waals surface area contributed by atoms with E-state index in [1.807, 2.05) is 20.8 Å². The van der Waals surface area contributed by atoms with Crippen LogP contribution in [0, 0.1) is 24.2 Å². The monoisotopic (exact) mass is 644 g/mol. The number of hydrogen-bond acceptors (Lipinski definition) is 6. The van der Waals surface area contributed by atoms with Crippen molar-refractivity contribution in [2.75, 3.05) is 31.6 Å². The molecule has 0 unspecified atom stereocenters. The van der Waals surface area contributed by atoms with Gasteiger partial charge in [-0.15, -0.1) is 0 Å². The number of hydrogen-bond donors (Lipinski definition) is 3. The zero-order valence-corrected chi connectivity index (χ0v) is 27.5. The Hall–Kier alpha value is -3.62. The molecule has 0 atom stereocenters. The molecule has 46 heavy (non-hydrogen) atoms. The van der Waals surface area contributed by atoms with Crippen LogP contribution in [0.4, 0.5) is 18.9 Å². The number of likely N-dealkylation sites (tertiary alicyclic amines) is 1. The number of nitriles is 1. The minimum absolute atomic E-state index is 0.0269. The van der Waals surface area contributed by atoms with Gasteiger partial charge in [-0.05, 0) is 106 Å². The lowest BCUT2D eigenvalue weighted by Crippen LogP contribution is -2.47. The number of ether oxygens (including phenoxy) is 1. The van der Waals surface area contributed by atoms with Gasteiger partial charge in [0, 0.05) is 18.8 Å². The molecule has 2 heterocycles. The number of carbonyl (C=O) groups excluding carboxylic acids is 2. The fraction of sp³-hybridized carbons (Fsp3) is 0.571. The number of fused-ring (bicyclic) bond motifs is 2. The van der Waals surface area contributed by atoms with Crippen molar-refractivity contribution in [2.45, 2.75) is 96.9 Å². The zero-order chi connectivity index (χ0) is 34.1. The Bertz CT molecular complexity index is 1390. The van der Waals surface area contributed by atoms with E-state index in [1.54, 1.807) is 18.2 Å². The van der Waals surface area contributed by atoms with E-state index in [4.69, 9.17) is 4.74 Å². The highest BCUT2D eigenvalue weighted by Crippen LogP contribution is 2.45. The molecule has 2 amide bonds. The Morgan fingerprint density at radius 2 is 1.87 bits per heavy atom. The van der Waals surface area contributed by atoms with Crippen molar-refractivity contribution in [2.24, 2.45) is 5.92 Å². The van der Waals surface area contributed by atoms with Gasteiger partial charge in [-0.1, -0.05) is 33.6 Å². The van der Waals surface area contributed by atoms with Gasteiger partial charge in [-0.2, -0.15) is 18.4 Å². The van der Waals surface area contributed by atoms with Gasteiger partial charge in [0.05, 0.1) is 28.2 Å². The molecule has 3 N–H and O–H groups in total. The van der Waals surface area contributed by atoms with E-state index in [2.05, 4.69) is 28.5 Å². The van der Waals surface area contributed by atoms with Crippen LogP contribution in [0.2, 0.25) is 0 Å². The summed E-state index contributed by atoms with van der Waals surface area (Å²) in [5.74, 6) is 0.853. The highest BCUT2D eigenvalue weighted by Gasteiger charge is 2.48. The molecule has 2 aromatic rings. The van der Waals surface area contributed by atoms with Gasteiger partial charge in [0.2, 0.25) is 12.3 Å². The van der Waals surface area contributed by atoms with Crippen molar-refractivity contribution >= 4 is 18.0 Å². The number of aliphatic hydroxyl groups is 1. The molecule has 0 aromatic heterocycles. The minimum atomic E-state index is -4.54. The van der Waals surface area contributed by atoms with Crippen molar-refractivity contribution in [1.82, 2.24) is 10.2 Å². The second kappa shape index (κ2) is 15.8. The van der Waals surface area contributed by atoms with Gasteiger partial charge in [-0.25, -0.2) is 0 Å². The minimum Gasteiger partial charge on any atom is -0.492 e. The number of rotatable bonds is 9. The van der Waals surface area contributed by atoms with E-state index in [1.165, 1.54) is 25.8 Å². The summed E-state index contributed by atoms with van der Waals surface area (Å²) in [5, 5.41) is 23.9. The lowest BCUT2D eigenvalue weighted by atomic mass is 9.70. The highest BCUT2D eigenvalue weighted by atomic mass is 19.4. The third-order valence-electron chi connectivity index (χ3n) is 9.06. The van der Waals surface area contributed by atoms with E-state index in [0.717, 1.165) is 36.1 Å². The van der Waals surface area contributed by atoms with Gasteiger partial charge >= 0.3 is 6.18 Å². The third-order valence-corrected chi connectivity index (χ3v) is 9.06. The molecule has 0 bridgehead atoms. The molecule has 1 saturated carbocycles. The summed E-state index contributed by atoms with van der Waals surface area (Å²) in [6.45, 7) is 11.4. The van der Waals surface area contributed by atoms with Crippen molar-refractivity contribution in [3.8, 4) is 11.8 Å². The van der Waals surface area contributed by atoms with Gasteiger partial charge in [0.1, 0.15) is 12.4 Å². The number of alkyl halides is 3. The van der Waals surface area contributed by atoms with E-state index < -0.39 is 17.2 Å². The summed E-state index contributed by atoms with van der Waals surface area (Å²) >= 11 is 0. The number of nitrogens with one attached hydrogen (secondary N) is 2. The van der Waals surface area contributed by atoms with E-state index in [-0.39, 0.29) is 36.0 Å².